The van der Waals surface area contributed by atoms with Crippen molar-refractivity contribution in [3.8, 4) is 5.75 Å². The van der Waals surface area contributed by atoms with Crippen LogP contribution in [0.1, 0.15) is 59.2 Å². The van der Waals surface area contributed by atoms with E-state index in [1.54, 1.807) is 12.1 Å². The largest absolute Gasteiger partial charge is 0.493 e. The first kappa shape index (κ1) is 26.1. The maximum absolute atomic E-state index is 13.1. The predicted molar refractivity (Wildman–Crippen MR) is 136 cm³/mol. The molecule has 13 heteroatoms. The second-order valence-electron chi connectivity index (χ2n) is 9.70. The molecule has 3 aliphatic rings. The number of carbonyl (C=O) groups is 5. The van der Waals surface area contributed by atoms with Crippen LogP contribution in [0.4, 0.5) is 5.82 Å². The van der Waals surface area contributed by atoms with Gasteiger partial charge in [0.15, 0.2) is 0 Å². The highest BCUT2D eigenvalue weighted by Crippen LogP contribution is 2.33. The van der Waals surface area contributed by atoms with Crippen LogP contribution in [-0.4, -0.2) is 76.2 Å². The molecule has 39 heavy (non-hydrogen) atoms. The van der Waals surface area contributed by atoms with E-state index in [0.717, 1.165) is 24.3 Å². The normalized spacial score (nSPS) is 21.0. The summed E-state index contributed by atoms with van der Waals surface area (Å²) in [5, 5.41) is 5.19. The van der Waals surface area contributed by atoms with E-state index in [9.17, 15) is 28.8 Å². The van der Waals surface area contributed by atoms with Crippen molar-refractivity contribution in [1.29, 1.82) is 0 Å². The highest BCUT2D eigenvalue weighted by molar-refractivity contribution is 6.24. The molecule has 13 nitrogen and oxygen atoms in total. The van der Waals surface area contributed by atoms with Gasteiger partial charge >= 0.3 is 0 Å². The third-order valence-corrected chi connectivity index (χ3v) is 7.01. The van der Waals surface area contributed by atoms with E-state index in [2.05, 4.69) is 20.6 Å². The van der Waals surface area contributed by atoms with E-state index in [-0.39, 0.29) is 60.3 Å². The number of piperidine rings is 2. The zero-order valence-corrected chi connectivity index (χ0v) is 21.1. The SMILES string of the molecule is O=C1CCC(N2C(=O)c3cccc(OCCCC(=O)NC4CCCN(c5cc(=O)[nH]cn5)C4)c3C2=O)C(=O)N1. The molecule has 3 N–H and O–H groups in total. The molecule has 1 aromatic carbocycles. The van der Waals surface area contributed by atoms with E-state index in [4.69, 9.17) is 4.74 Å². The van der Waals surface area contributed by atoms with Gasteiger partial charge in [-0.25, -0.2) is 4.98 Å². The smallest absolute Gasteiger partial charge is 0.266 e. The molecule has 4 heterocycles. The molecule has 0 bridgehead atoms. The summed E-state index contributed by atoms with van der Waals surface area (Å²) >= 11 is 0. The van der Waals surface area contributed by atoms with E-state index in [1.165, 1.54) is 18.5 Å². The van der Waals surface area contributed by atoms with Crippen LogP contribution in [0.15, 0.2) is 35.4 Å². The lowest BCUT2D eigenvalue weighted by Crippen LogP contribution is -2.54. The number of rotatable bonds is 8. The number of fused-ring (bicyclic) bond motifs is 1. The second-order valence-corrected chi connectivity index (χ2v) is 9.70. The first-order chi connectivity index (χ1) is 18.8. The maximum atomic E-state index is 13.1. The van der Waals surface area contributed by atoms with Crippen molar-refractivity contribution >= 4 is 35.4 Å². The topological polar surface area (TPSA) is 171 Å². The van der Waals surface area contributed by atoms with Gasteiger partial charge in [0.2, 0.25) is 17.7 Å². The molecule has 0 radical (unpaired) electrons. The maximum Gasteiger partial charge on any atom is 0.266 e. The summed E-state index contributed by atoms with van der Waals surface area (Å²) in [5.41, 5.74) is -0.0195. The fourth-order valence-electron chi connectivity index (χ4n) is 5.15. The van der Waals surface area contributed by atoms with Crippen molar-refractivity contribution in [2.24, 2.45) is 0 Å². The highest BCUT2D eigenvalue weighted by Gasteiger charge is 2.46. The summed E-state index contributed by atoms with van der Waals surface area (Å²) in [5.74, 6) is -1.73. The summed E-state index contributed by atoms with van der Waals surface area (Å²) in [6, 6.07) is 4.95. The number of nitrogens with zero attached hydrogens (tertiary/aromatic N) is 3. The summed E-state index contributed by atoms with van der Waals surface area (Å²) in [4.78, 5) is 83.5. The number of aromatic amines is 1. The van der Waals surface area contributed by atoms with Crippen LogP contribution in [0, 0.1) is 0 Å². The Morgan fingerprint density at radius 2 is 1.97 bits per heavy atom. The van der Waals surface area contributed by atoms with Crippen molar-refractivity contribution < 1.29 is 28.7 Å². The summed E-state index contributed by atoms with van der Waals surface area (Å²) in [6.07, 6.45) is 3.71. The van der Waals surface area contributed by atoms with Crippen LogP contribution in [0.25, 0.3) is 0 Å². The molecule has 0 aliphatic carbocycles. The van der Waals surface area contributed by atoms with Crippen LogP contribution in [-0.2, 0) is 14.4 Å². The summed E-state index contributed by atoms with van der Waals surface area (Å²) in [6.45, 7) is 1.44. The predicted octanol–water partition coefficient (Wildman–Crippen LogP) is 0.115. The summed E-state index contributed by atoms with van der Waals surface area (Å²) in [7, 11) is 0. The molecule has 1 aromatic heterocycles. The number of nitrogens with one attached hydrogen (secondary N) is 3. The van der Waals surface area contributed by atoms with Crippen molar-refractivity contribution in [3.63, 3.8) is 0 Å². The Morgan fingerprint density at radius 1 is 1.13 bits per heavy atom. The minimum absolute atomic E-state index is 0.0388. The molecule has 204 valence electrons. The van der Waals surface area contributed by atoms with Crippen LogP contribution in [0.5, 0.6) is 5.75 Å². The molecule has 5 rings (SSSR count). The summed E-state index contributed by atoms with van der Waals surface area (Å²) < 4.78 is 5.79. The molecule has 2 unspecified atom stereocenters. The quantitative estimate of drug-likeness (QED) is 0.313. The Bertz CT molecular complexity index is 1390. The number of carbonyl (C=O) groups excluding carboxylic acids is 5. The molecular formula is C26H28N6O7. The number of amides is 5. The Kier molecular flexibility index (Phi) is 7.39. The number of benzene rings is 1. The van der Waals surface area contributed by atoms with Crippen molar-refractivity contribution in [3.05, 3.63) is 52.1 Å². The van der Waals surface area contributed by atoms with Gasteiger partial charge in [-0.3, -0.25) is 39.0 Å². The molecule has 2 aromatic rings. The standard InChI is InChI=1S/C26H28N6O7/c33-20(29-15-4-2-10-31(13-15)19-12-22(35)28-14-27-19)7-3-11-39-18-6-1-5-16-23(18)26(38)32(25(16)37)17-8-9-21(34)30-24(17)36/h1,5-6,12,14-15,17H,2-4,7-11,13H2,(H,29,33)(H,27,28,35)(H,30,34,36). The number of anilines is 1. The average Bonchev–Trinajstić information content (AvgIpc) is 3.17. The minimum atomic E-state index is -1.05. The lowest BCUT2D eigenvalue weighted by molar-refractivity contribution is -0.136. The van der Waals surface area contributed by atoms with Crippen LogP contribution >= 0.6 is 0 Å². The number of hydrogen-bond donors (Lipinski definition) is 3. The molecule has 3 aliphatic heterocycles. The Labute approximate surface area is 222 Å². The first-order valence-corrected chi connectivity index (χ1v) is 12.9. The van der Waals surface area contributed by atoms with Crippen LogP contribution in [0.2, 0.25) is 0 Å². The molecule has 0 saturated carbocycles. The zero-order chi connectivity index (χ0) is 27.5. The number of hydrogen-bond acceptors (Lipinski definition) is 9. The molecule has 0 spiro atoms. The number of imide groups is 2. The third kappa shape index (κ3) is 5.52. The van der Waals surface area contributed by atoms with Crippen molar-refractivity contribution in [2.45, 2.75) is 50.6 Å². The fourth-order valence-corrected chi connectivity index (χ4v) is 5.15. The van der Waals surface area contributed by atoms with E-state index < -0.39 is 29.7 Å². The second kappa shape index (κ2) is 11.1. The lowest BCUT2D eigenvalue weighted by Gasteiger charge is -2.33. The third-order valence-electron chi connectivity index (χ3n) is 7.01. The van der Waals surface area contributed by atoms with Crippen molar-refractivity contribution in [1.82, 2.24) is 25.5 Å². The molecule has 5 amide bonds. The highest BCUT2D eigenvalue weighted by atomic mass is 16.5. The van der Waals surface area contributed by atoms with Gasteiger partial charge < -0.3 is 19.9 Å². The van der Waals surface area contributed by atoms with Gasteiger partial charge in [0.25, 0.3) is 17.4 Å². The van der Waals surface area contributed by atoms with Gasteiger partial charge in [0.1, 0.15) is 17.6 Å². The van der Waals surface area contributed by atoms with E-state index in [0.29, 0.717) is 18.8 Å². The monoisotopic (exact) mass is 536 g/mol. The van der Waals surface area contributed by atoms with Gasteiger partial charge in [0.05, 0.1) is 24.1 Å². The Hall–Kier alpha value is -4.55. The van der Waals surface area contributed by atoms with Crippen LogP contribution < -0.4 is 25.8 Å². The lowest BCUT2D eigenvalue weighted by atomic mass is 10.0. The minimum Gasteiger partial charge on any atom is -0.493 e. The van der Waals surface area contributed by atoms with Gasteiger partial charge in [-0.15, -0.1) is 0 Å². The Balaban J connectivity index is 1.13. The molecule has 2 atom stereocenters. The number of aromatic nitrogens is 2. The zero-order valence-electron chi connectivity index (χ0n) is 21.1. The van der Waals surface area contributed by atoms with Crippen LogP contribution in [0.3, 0.4) is 0 Å². The van der Waals surface area contributed by atoms with Gasteiger partial charge in [-0.1, -0.05) is 6.07 Å². The average molecular weight is 537 g/mol. The van der Waals surface area contributed by atoms with Gasteiger partial charge in [0, 0.05) is 38.0 Å². The van der Waals surface area contributed by atoms with E-state index >= 15 is 0 Å². The molecular weight excluding hydrogens is 508 g/mol. The van der Waals surface area contributed by atoms with Gasteiger partial charge in [-0.05, 0) is 37.8 Å². The number of ether oxygens (including phenoxy) is 1. The fraction of sp³-hybridized carbons (Fsp3) is 0.423. The first-order valence-electron chi connectivity index (χ1n) is 12.9. The van der Waals surface area contributed by atoms with Gasteiger partial charge in [-0.2, -0.15) is 0 Å². The number of H-pyrrole nitrogens is 1. The van der Waals surface area contributed by atoms with Crippen molar-refractivity contribution in [2.75, 3.05) is 24.6 Å². The van der Waals surface area contributed by atoms with E-state index in [1.807, 2.05) is 4.90 Å². The molecule has 2 saturated heterocycles. The molecule has 2 fully saturated rings. The Morgan fingerprint density at radius 3 is 2.77 bits per heavy atom.